The zero-order chi connectivity index (χ0) is 17.4. The molecule has 1 aromatic heterocycles. The molecule has 6 heteroatoms. The largest absolute Gasteiger partial charge is 0.356 e. The summed E-state index contributed by atoms with van der Waals surface area (Å²) in [7, 11) is 0. The summed E-state index contributed by atoms with van der Waals surface area (Å²) in [5.41, 5.74) is 2.78. The van der Waals surface area contributed by atoms with E-state index in [4.69, 9.17) is 0 Å². The van der Waals surface area contributed by atoms with Gasteiger partial charge in [-0.2, -0.15) is 0 Å². The minimum Gasteiger partial charge on any atom is -0.356 e. The molecule has 4 rings (SSSR count). The van der Waals surface area contributed by atoms with Crippen molar-refractivity contribution in [2.45, 2.75) is 31.7 Å². The quantitative estimate of drug-likeness (QED) is 0.902. The average Bonchev–Trinajstić information content (AvgIpc) is 3.35. The number of benzene rings is 1. The highest BCUT2D eigenvalue weighted by molar-refractivity contribution is 5.99. The van der Waals surface area contributed by atoms with Crippen LogP contribution < -0.4 is 5.32 Å². The Kier molecular flexibility index (Phi) is 4.03. The lowest BCUT2D eigenvalue weighted by atomic mass is 10.1. The fraction of sp³-hybridized carbons (Fsp3) is 0.368. The van der Waals surface area contributed by atoms with E-state index in [2.05, 4.69) is 10.3 Å². The van der Waals surface area contributed by atoms with Gasteiger partial charge in [-0.1, -0.05) is 6.07 Å². The van der Waals surface area contributed by atoms with Crippen molar-refractivity contribution in [2.24, 2.45) is 0 Å². The van der Waals surface area contributed by atoms with Crippen LogP contribution in [0.4, 0.5) is 4.39 Å². The third kappa shape index (κ3) is 3.04. The number of halogens is 1. The molecule has 2 heterocycles. The Morgan fingerprint density at radius 1 is 1.20 bits per heavy atom. The number of fused-ring (bicyclic) bond motifs is 1. The Morgan fingerprint density at radius 2 is 2.00 bits per heavy atom. The van der Waals surface area contributed by atoms with Crippen LogP contribution in [0.2, 0.25) is 0 Å². The zero-order valence-corrected chi connectivity index (χ0v) is 13.8. The van der Waals surface area contributed by atoms with Crippen molar-refractivity contribution < 1.29 is 14.0 Å². The SMILES string of the molecule is O=C(NC1CCc2ccc(F)cc21)c1c[nH]c(C(=O)N2CCCC2)c1. The van der Waals surface area contributed by atoms with Crippen molar-refractivity contribution >= 4 is 11.8 Å². The van der Waals surface area contributed by atoms with Crippen LogP contribution in [0.25, 0.3) is 0 Å². The Balaban J connectivity index is 1.46. The molecule has 0 spiro atoms. The predicted octanol–water partition coefficient (Wildman–Crippen LogP) is 2.81. The lowest BCUT2D eigenvalue weighted by molar-refractivity contribution is 0.0787. The number of aromatic amines is 1. The number of H-pyrrole nitrogens is 1. The van der Waals surface area contributed by atoms with E-state index >= 15 is 0 Å². The van der Waals surface area contributed by atoms with Crippen molar-refractivity contribution in [3.8, 4) is 0 Å². The van der Waals surface area contributed by atoms with Crippen molar-refractivity contribution in [1.29, 1.82) is 0 Å². The number of amides is 2. The summed E-state index contributed by atoms with van der Waals surface area (Å²) < 4.78 is 13.5. The second-order valence-electron chi connectivity index (χ2n) is 6.71. The van der Waals surface area contributed by atoms with Gasteiger partial charge in [0.2, 0.25) is 0 Å². The van der Waals surface area contributed by atoms with Crippen molar-refractivity contribution in [2.75, 3.05) is 13.1 Å². The minimum absolute atomic E-state index is 0.0650. The monoisotopic (exact) mass is 341 g/mol. The highest BCUT2D eigenvalue weighted by atomic mass is 19.1. The molecule has 130 valence electrons. The molecular weight excluding hydrogens is 321 g/mol. The molecule has 1 aliphatic carbocycles. The fourth-order valence-electron chi connectivity index (χ4n) is 3.70. The highest BCUT2D eigenvalue weighted by Crippen LogP contribution is 2.31. The maximum absolute atomic E-state index is 13.5. The van der Waals surface area contributed by atoms with E-state index in [0.717, 1.165) is 49.9 Å². The van der Waals surface area contributed by atoms with Crippen molar-refractivity contribution in [1.82, 2.24) is 15.2 Å². The number of aromatic nitrogens is 1. The average molecular weight is 341 g/mol. The molecule has 1 aromatic carbocycles. The number of likely N-dealkylation sites (tertiary alicyclic amines) is 1. The molecule has 1 aliphatic heterocycles. The molecule has 5 nitrogen and oxygen atoms in total. The maximum atomic E-state index is 13.5. The van der Waals surface area contributed by atoms with E-state index in [9.17, 15) is 14.0 Å². The normalized spacial score (nSPS) is 19.1. The first-order valence-electron chi connectivity index (χ1n) is 8.69. The van der Waals surface area contributed by atoms with Crippen molar-refractivity contribution in [3.63, 3.8) is 0 Å². The molecule has 1 atom stereocenters. The summed E-state index contributed by atoms with van der Waals surface area (Å²) in [6, 6.07) is 6.13. The molecule has 1 saturated heterocycles. The first-order chi connectivity index (χ1) is 12.1. The Labute approximate surface area is 145 Å². The number of hydrogen-bond acceptors (Lipinski definition) is 2. The molecule has 1 fully saturated rings. The fourth-order valence-corrected chi connectivity index (χ4v) is 3.70. The molecule has 0 saturated carbocycles. The third-order valence-corrected chi connectivity index (χ3v) is 5.06. The topological polar surface area (TPSA) is 65.2 Å². The molecule has 2 aliphatic rings. The van der Waals surface area contributed by atoms with E-state index in [1.54, 1.807) is 23.2 Å². The van der Waals surface area contributed by atoms with Gasteiger partial charge in [-0.25, -0.2) is 4.39 Å². The number of carbonyl (C=O) groups excluding carboxylic acids is 2. The Morgan fingerprint density at radius 3 is 2.80 bits per heavy atom. The first kappa shape index (κ1) is 15.9. The van der Waals surface area contributed by atoms with E-state index in [0.29, 0.717) is 11.3 Å². The number of aryl methyl sites for hydroxylation is 1. The van der Waals surface area contributed by atoms with Gasteiger partial charge in [0.1, 0.15) is 11.5 Å². The molecule has 2 aromatic rings. The van der Waals surface area contributed by atoms with Crippen LogP contribution >= 0.6 is 0 Å². The Hall–Kier alpha value is -2.63. The first-order valence-corrected chi connectivity index (χ1v) is 8.69. The predicted molar refractivity (Wildman–Crippen MR) is 90.9 cm³/mol. The van der Waals surface area contributed by atoms with Crippen LogP contribution in [-0.4, -0.2) is 34.8 Å². The molecule has 0 radical (unpaired) electrons. The summed E-state index contributed by atoms with van der Waals surface area (Å²) >= 11 is 0. The summed E-state index contributed by atoms with van der Waals surface area (Å²) in [6.07, 6.45) is 5.19. The van der Waals surface area contributed by atoms with E-state index in [-0.39, 0.29) is 23.7 Å². The van der Waals surface area contributed by atoms with Gasteiger partial charge in [-0.15, -0.1) is 0 Å². The van der Waals surface area contributed by atoms with Crippen LogP contribution in [0, 0.1) is 5.82 Å². The maximum Gasteiger partial charge on any atom is 0.270 e. The Bertz CT molecular complexity index is 824. The van der Waals surface area contributed by atoms with Gasteiger partial charge in [0.05, 0.1) is 11.6 Å². The van der Waals surface area contributed by atoms with E-state index in [1.807, 2.05) is 0 Å². The minimum atomic E-state index is -0.292. The second kappa shape index (κ2) is 6.35. The van der Waals surface area contributed by atoms with Gasteiger partial charge >= 0.3 is 0 Å². The lowest BCUT2D eigenvalue weighted by Crippen LogP contribution is -2.28. The van der Waals surface area contributed by atoms with E-state index in [1.165, 1.54) is 12.1 Å². The molecule has 25 heavy (non-hydrogen) atoms. The molecule has 2 amide bonds. The number of nitrogens with one attached hydrogen (secondary N) is 2. The standard InChI is InChI=1S/C19H20FN3O2/c20-14-5-3-12-4-6-16(15(12)10-14)22-18(24)13-9-17(21-11-13)19(25)23-7-1-2-8-23/h3,5,9-11,16,21H,1-2,4,6-8H2,(H,22,24). The smallest absolute Gasteiger partial charge is 0.270 e. The van der Waals surface area contributed by atoms with Gasteiger partial charge in [0.25, 0.3) is 11.8 Å². The summed E-state index contributed by atoms with van der Waals surface area (Å²) in [5, 5.41) is 2.95. The molecule has 2 N–H and O–H groups in total. The van der Waals surface area contributed by atoms with Crippen LogP contribution in [0.3, 0.4) is 0 Å². The number of nitrogens with zero attached hydrogens (tertiary/aromatic N) is 1. The third-order valence-electron chi connectivity index (χ3n) is 5.06. The molecule has 1 unspecified atom stereocenters. The van der Waals surface area contributed by atoms with Gasteiger partial charge in [0, 0.05) is 19.3 Å². The number of hydrogen-bond donors (Lipinski definition) is 2. The van der Waals surface area contributed by atoms with Gasteiger partial charge in [0.15, 0.2) is 0 Å². The lowest BCUT2D eigenvalue weighted by Gasteiger charge is -2.14. The van der Waals surface area contributed by atoms with E-state index < -0.39 is 0 Å². The van der Waals surface area contributed by atoms with Crippen molar-refractivity contribution in [3.05, 3.63) is 58.7 Å². The van der Waals surface area contributed by atoms with Gasteiger partial charge in [-0.3, -0.25) is 9.59 Å². The van der Waals surface area contributed by atoms with Gasteiger partial charge < -0.3 is 15.2 Å². The van der Waals surface area contributed by atoms with Crippen LogP contribution in [0.5, 0.6) is 0 Å². The van der Waals surface area contributed by atoms with Gasteiger partial charge in [-0.05, 0) is 55.0 Å². The van der Waals surface area contributed by atoms with Crippen LogP contribution in [0.1, 0.15) is 57.3 Å². The number of rotatable bonds is 3. The highest BCUT2D eigenvalue weighted by Gasteiger charge is 2.26. The molecular formula is C19H20FN3O2. The molecule has 0 bridgehead atoms. The summed E-state index contributed by atoms with van der Waals surface area (Å²) in [6.45, 7) is 1.54. The summed E-state index contributed by atoms with van der Waals surface area (Å²) in [4.78, 5) is 29.6. The van der Waals surface area contributed by atoms with Crippen LogP contribution in [-0.2, 0) is 6.42 Å². The summed E-state index contributed by atoms with van der Waals surface area (Å²) in [5.74, 6) is -0.608. The number of carbonyl (C=O) groups is 2. The second-order valence-corrected chi connectivity index (χ2v) is 6.71. The zero-order valence-electron chi connectivity index (χ0n) is 13.8. The van der Waals surface area contributed by atoms with Crippen LogP contribution in [0.15, 0.2) is 30.5 Å².